The highest BCUT2D eigenvalue weighted by molar-refractivity contribution is 4.95. The van der Waals surface area contributed by atoms with Crippen LogP contribution in [0.15, 0.2) is 12.7 Å². The van der Waals surface area contributed by atoms with Crippen LogP contribution in [-0.2, 0) is 4.74 Å². The molecule has 0 spiro atoms. The maximum Gasteiger partial charge on any atom is 0.0593 e. The quantitative estimate of drug-likeness (QED) is 0.655. The highest BCUT2D eigenvalue weighted by Crippen LogP contribution is 2.26. The van der Waals surface area contributed by atoms with Crippen molar-refractivity contribution in [2.24, 2.45) is 5.73 Å². The van der Waals surface area contributed by atoms with E-state index in [1.54, 1.807) is 0 Å². The maximum absolute atomic E-state index is 5.89. The predicted molar refractivity (Wildman–Crippen MR) is 63.9 cm³/mol. The summed E-state index contributed by atoms with van der Waals surface area (Å²) in [4.78, 5) is 0. The summed E-state index contributed by atoms with van der Waals surface area (Å²) in [6.07, 6.45) is 6.62. The van der Waals surface area contributed by atoms with E-state index < -0.39 is 0 Å². The van der Waals surface area contributed by atoms with Crippen molar-refractivity contribution in [3.05, 3.63) is 12.7 Å². The molecule has 0 radical (unpaired) electrons. The second-order valence-electron chi connectivity index (χ2n) is 4.39. The predicted octanol–water partition coefficient (Wildman–Crippen LogP) is 1.44. The van der Waals surface area contributed by atoms with Gasteiger partial charge >= 0.3 is 0 Å². The van der Waals surface area contributed by atoms with Crippen molar-refractivity contribution in [1.29, 1.82) is 0 Å². The second kappa shape index (κ2) is 6.26. The van der Waals surface area contributed by atoms with Crippen molar-refractivity contribution in [3.63, 3.8) is 0 Å². The van der Waals surface area contributed by atoms with Crippen LogP contribution >= 0.6 is 0 Å². The molecule has 1 aliphatic rings. The van der Waals surface area contributed by atoms with Gasteiger partial charge in [-0.2, -0.15) is 0 Å². The number of hydrogen-bond acceptors (Lipinski definition) is 3. The Morgan fingerprint density at radius 2 is 2.47 bits per heavy atom. The zero-order valence-electron chi connectivity index (χ0n) is 9.80. The summed E-state index contributed by atoms with van der Waals surface area (Å²) < 4.78 is 5.73. The van der Waals surface area contributed by atoms with E-state index in [1.165, 1.54) is 6.42 Å². The molecule has 0 aliphatic carbocycles. The molecule has 3 heteroatoms. The van der Waals surface area contributed by atoms with Gasteiger partial charge in [-0.3, -0.25) is 0 Å². The van der Waals surface area contributed by atoms with Gasteiger partial charge in [0.1, 0.15) is 0 Å². The first-order valence-electron chi connectivity index (χ1n) is 5.94. The molecule has 1 aliphatic heterocycles. The Labute approximate surface area is 93.1 Å². The fourth-order valence-electron chi connectivity index (χ4n) is 2.23. The first-order valence-corrected chi connectivity index (χ1v) is 5.94. The van der Waals surface area contributed by atoms with Crippen molar-refractivity contribution in [3.8, 4) is 0 Å². The summed E-state index contributed by atoms with van der Waals surface area (Å²) >= 11 is 0. The summed E-state index contributed by atoms with van der Waals surface area (Å²) in [5.41, 5.74) is 5.96. The standard InChI is InChI=1S/C12H24N2O/c1-3-5-11-9-12(10-13,6-8-15-11)14-7-4-2/h4,11,14H,2-3,5-10,13H2,1H3. The van der Waals surface area contributed by atoms with Crippen LogP contribution in [-0.4, -0.2) is 31.3 Å². The van der Waals surface area contributed by atoms with E-state index in [-0.39, 0.29) is 5.54 Å². The highest BCUT2D eigenvalue weighted by atomic mass is 16.5. The summed E-state index contributed by atoms with van der Waals surface area (Å²) in [5.74, 6) is 0. The molecule has 0 saturated carbocycles. The monoisotopic (exact) mass is 212 g/mol. The minimum atomic E-state index is 0.0757. The van der Waals surface area contributed by atoms with Gasteiger partial charge in [0.15, 0.2) is 0 Å². The van der Waals surface area contributed by atoms with E-state index in [9.17, 15) is 0 Å². The lowest BCUT2D eigenvalue weighted by molar-refractivity contribution is -0.0297. The topological polar surface area (TPSA) is 47.3 Å². The van der Waals surface area contributed by atoms with Crippen LogP contribution < -0.4 is 11.1 Å². The zero-order valence-corrected chi connectivity index (χ0v) is 9.80. The molecule has 3 nitrogen and oxygen atoms in total. The van der Waals surface area contributed by atoms with Crippen LogP contribution in [0.1, 0.15) is 32.6 Å². The molecule has 0 aromatic rings. The number of hydrogen-bond donors (Lipinski definition) is 2. The van der Waals surface area contributed by atoms with Crippen LogP contribution in [0.5, 0.6) is 0 Å². The van der Waals surface area contributed by atoms with Crippen LogP contribution in [0.25, 0.3) is 0 Å². The van der Waals surface area contributed by atoms with Gasteiger partial charge in [0.05, 0.1) is 6.10 Å². The molecule has 0 aromatic carbocycles. The number of nitrogens with one attached hydrogen (secondary N) is 1. The maximum atomic E-state index is 5.89. The Kier molecular flexibility index (Phi) is 5.29. The average Bonchev–Trinajstić information content (AvgIpc) is 2.27. The van der Waals surface area contributed by atoms with Gasteiger partial charge in [-0.05, 0) is 19.3 Å². The van der Waals surface area contributed by atoms with E-state index in [0.717, 1.165) is 32.4 Å². The Hall–Kier alpha value is -0.380. The second-order valence-corrected chi connectivity index (χ2v) is 4.39. The van der Waals surface area contributed by atoms with E-state index in [4.69, 9.17) is 10.5 Å². The molecule has 2 atom stereocenters. The Bertz CT molecular complexity index is 194. The first-order chi connectivity index (χ1) is 7.26. The smallest absolute Gasteiger partial charge is 0.0593 e. The first kappa shape index (κ1) is 12.7. The van der Waals surface area contributed by atoms with Gasteiger partial charge in [0, 0.05) is 25.2 Å². The van der Waals surface area contributed by atoms with Crippen LogP contribution in [0.2, 0.25) is 0 Å². The highest BCUT2D eigenvalue weighted by Gasteiger charge is 2.34. The molecule has 1 rings (SSSR count). The lowest BCUT2D eigenvalue weighted by Crippen LogP contribution is -2.56. The zero-order chi connectivity index (χ0) is 11.1. The van der Waals surface area contributed by atoms with Gasteiger partial charge in [-0.1, -0.05) is 19.4 Å². The molecule has 1 heterocycles. The minimum absolute atomic E-state index is 0.0757. The summed E-state index contributed by atoms with van der Waals surface area (Å²) in [6, 6.07) is 0. The molecular formula is C12H24N2O. The average molecular weight is 212 g/mol. The largest absolute Gasteiger partial charge is 0.378 e. The molecule has 1 fully saturated rings. The van der Waals surface area contributed by atoms with Gasteiger partial charge in [0.25, 0.3) is 0 Å². The van der Waals surface area contributed by atoms with E-state index in [2.05, 4.69) is 18.8 Å². The van der Waals surface area contributed by atoms with E-state index in [0.29, 0.717) is 12.6 Å². The van der Waals surface area contributed by atoms with Crippen molar-refractivity contribution in [2.75, 3.05) is 19.7 Å². The lowest BCUT2D eigenvalue weighted by Gasteiger charge is -2.41. The normalized spacial score (nSPS) is 31.5. The fourth-order valence-corrected chi connectivity index (χ4v) is 2.23. The van der Waals surface area contributed by atoms with Gasteiger partial charge in [-0.25, -0.2) is 0 Å². The molecule has 88 valence electrons. The van der Waals surface area contributed by atoms with Crippen molar-refractivity contribution in [2.45, 2.75) is 44.2 Å². The Morgan fingerprint density at radius 1 is 1.67 bits per heavy atom. The molecule has 2 unspecified atom stereocenters. The molecule has 3 N–H and O–H groups in total. The molecular weight excluding hydrogens is 188 g/mol. The SMILES string of the molecule is C=CCNC1(CN)CCOC(CCC)C1. The van der Waals surface area contributed by atoms with Gasteiger partial charge in [0.2, 0.25) is 0 Å². The molecule has 15 heavy (non-hydrogen) atoms. The van der Waals surface area contributed by atoms with Gasteiger partial charge in [-0.15, -0.1) is 6.58 Å². The summed E-state index contributed by atoms with van der Waals surface area (Å²) in [5, 5.41) is 3.50. The van der Waals surface area contributed by atoms with Crippen molar-refractivity contribution >= 4 is 0 Å². The van der Waals surface area contributed by atoms with Crippen molar-refractivity contribution in [1.82, 2.24) is 5.32 Å². The lowest BCUT2D eigenvalue weighted by atomic mass is 9.85. The summed E-state index contributed by atoms with van der Waals surface area (Å²) in [7, 11) is 0. The number of rotatable bonds is 6. The van der Waals surface area contributed by atoms with Gasteiger partial charge < -0.3 is 15.8 Å². The minimum Gasteiger partial charge on any atom is -0.378 e. The van der Waals surface area contributed by atoms with Crippen LogP contribution in [0, 0.1) is 0 Å². The van der Waals surface area contributed by atoms with Crippen LogP contribution in [0.3, 0.4) is 0 Å². The number of nitrogens with two attached hydrogens (primary N) is 1. The molecule has 1 saturated heterocycles. The molecule has 0 aromatic heterocycles. The molecule has 0 amide bonds. The molecule has 0 bridgehead atoms. The van der Waals surface area contributed by atoms with Crippen LogP contribution in [0.4, 0.5) is 0 Å². The fraction of sp³-hybridized carbons (Fsp3) is 0.833. The Morgan fingerprint density at radius 3 is 3.07 bits per heavy atom. The summed E-state index contributed by atoms with van der Waals surface area (Å²) in [6.45, 7) is 8.26. The van der Waals surface area contributed by atoms with Crippen molar-refractivity contribution < 1.29 is 4.74 Å². The third-order valence-electron chi connectivity index (χ3n) is 3.18. The third kappa shape index (κ3) is 3.59. The van der Waals surface area contributed by atoms with E-state index >= 15 is 0 Å². The Balaban J connectivity index is 2.51. The van der Waals surface area contributed by atoms with E-state index in [1.807, 2.05) is 6.08 Å². The third-order valence-corrected chi connectivity index (χ3v) is 3.18. The number of ether oxygens (including phenoxy) is 1.